The Morgan fingerprint density at radius 3 is 2.58 bits per heavy atom. The van der Waals surface area contributed by atoms with Crippen molar-refractivity contribution < 1.29 is 13.6 Å². The van der Waals surface area contributed by atoms with Crippen molar-refractivity contribution in [2.45, 2.75) is 13.8 Å². The lowest BCUT2D eigenvalue weighted by Gasteiger charge is -2.08. The van der Waals surface area contributed by atoms with E-state index in [1.807, 2.05) is 12.3 Å². The van der Waals surface area contributed by atoms with Crippen molar-refractivity contribution in [3.63, 3.8) is 0 Å². The molecule has 0 saturated heterocycles. The predicted molar refractivity (Wildman–Crippen MR) is 89.1 cm³/mol. The van der Waals surface area contributed by atoms with Gasteiger partial charge in [-0.15, -0.1) is 11.3 Å². The van der Waals surface area contributed by atoms with Gasteiger partial charge in [0.15, 0.2) is 5.13 Å². The van der Waals surface area contributed by atoms with E-state index in [0.717, 1.165) is 23.9 Å². The van der Waals surface area contributed by atoms with Crippen molar-refractivity contribution in [1.29, 1.82) is 0 Å². The molecule has 0 spiro atoms. The number of thiazole rings is 1. The van der Waals surface area contributed by atoms with E-state index in [9.17, 15) is 13.6 Å². The minimum atomic E-state index is -0.566. The highest BCUT2D eigenvalue weighted by Crippen LogP contribution is 2.25. The summed E-state index contributed by atoms with van der Waals surface area (Å²) in [7, 11) is 0. The van der Waals surface area contributed by atoms with Crippen LogP contribution < -0.4 is 5.32 Å². The van der Waals surface area contributed by atoms with Gasteiger partial charge in [-0.05, 0) is 49.7 Å². The van der Waals surface area contributed by atoms with Crippen molar-refractivity contribution >= 4 is 22.4 Å². The molecular weight excluding hydrogens is 332 g/mol. The molecule has 2 aromatic heterocycles. The molecule has 0 radical (unpaired) electrons. The van der Waals surface area contributed by atoms with E-state index in [-0.39, 0.29) is 11.3 Å². The maximum absolute atomic E-state index is 14.0. The van der Waals surface area contributed by atoms with Gasteiger partial charge in [0.25, 0.3) is 5.91 Å². The number of benzene rings is 1. The number of pyridine rings is 1. The summed E-state index contributed by atoms with van der Waals surface area (Å²) < 4.78 is 27.4. The second-order valence-corrected chi connectivity index (χ2v) is 6.11. The smallest absolute Gasteiger partial charge is 0.276 e. The normalized spacial score (nSPS) is 10.7. The van der Waals surface area contributed by atoms with E-state index in [0.29, 0.717) is 16.4 Å². The van der Waals surface area contributed by atoms with Gasteiger partial charge in [0.1, 0.15) is 17.3 Å². The summed E-state index contributed by atoms with van der Waals surface area (Å²) in [6.45, 7) is 3.51. The number of hydrogen-bond acceptors (Lipinski definition) is 4. The number of anilines is 1. The second kappa shape index (κ2) is 6.45. The molecular formula is C17H13F2N3OS. The summed E-state index contributed by atoms with van der Waals surface area (Å²) in [5.74, 6) is -1.57. The average molecular weight is 345 g/mol. The first-order valence-corrected chi connectivity index (χ1v) is 7.98. The van der Waals surface area contributed by atoms with Crippen LogP contribution in [0.2, 0.25) is 0 Å². The first kappa shape index (κ1) is 16.2. The third kappa shape index (κ3) is 3.46. The van der Waals surface area contributed by atoms with Crippen LogP contribution in [0, 0.1) is 25.5 Å². The molecule has 0 aliphatic carbocycles. The summed E-state index contributed by atoms with van der Waals surface area (Å²) in [6, 6.07) is 6.22. The molecule has 0 bridgehead atoms. The fraction of sp³-hybridized carbons (Fsp3) is 0.118. The molecule has 4 nitrogen and oxygen atoms in total. The van der Waals surface area contributed by atoms with E-state index < -0.39 is 17.5 Å². The van der Waals surface area contributed by atoms with Crippen molar-refractivity contribution in [2.24, 2.45) is 0 Å². The quantitative estimate of drug-likeness (QED) is 0.768. The Morgan fingerprint density at radius 1 is 1.08 bits per heavy atom. The molecule has 0 fully saturated rings. The van der Waals surface area contributed by atoms with E-state index in [2.05, 4.69) is 15.3 Å². The first-order chi connectivity index (χ1) is 11.4. The van der Waals surface area contributed by atoms with Gasteiger partial charge in [0, 0.05) is 16.6 Å². The summed E-state index contributed by atoms with van der Waals surface area (Å²) in [5, 5.41) is 4.92. The molecule has 0 aliphatic rings. The highest BCUT2D eigenvalue weighted by atomic mass is 32.1. The lowest BCUT2D eigenvalue weighted by molar-refractivity contribution is 0.102. The van der Waals surface area contributed by atoms with Crippen LogP contribution in [0.3, 0.4) is 0 Å². The number of aryl methyl sites for hydroxylation is 2. The van der Waals surface area contributed by atoms with Crippen LogP contribution >= 0.6 is 11.3 Å². The highest BCUT2D eigenvalue weighted by molar-refractivity contribution is 7.13. The summed E-state index contributed by atoms with van der Waals surface area (Å²) in [5.41, 5.74) is 1.91. The van der Waals surface area contributed by atoms with Crippen molar-refractivity contribution in [3.05, 3.63) is 64.4 Å². The van der Waals surface area contributed by atoms with Gasteiger partial charge in [0.2, 0.25) is 0 Å². The van der Waals surface area contributed by atoms with Gasteiger partial charge in [-0.2, -0.15) is 0 Å². The van der Waals surface area contributed by atoms with Crippen LogP contribution in [0.1, 0.15) is 21.9 Å². The van der Waals surface area contributed by atoms with Gasteiger partial charge in [-0.3, -0.25) is 10.1 Å². The molecule has 122 valence electrons. The number of aromatic nitrogens is 2. The van der Waals surface area contributed by atoms with Crippen LogP contribution in [-0.4, -0.2) is 15.9 Å². The van der Waals surface area contributed by atoms with Crippen molar-refractivity contribution in [2.75, 3.05) is 5.32 Å². The fourth-order valence-electron chi connectivity index (χ4n) is 2.23. The minimum absolute atomic E-state index is 0.0830. The molecule has 0 unspecified atom stereocenters. The third-order valence-corrected chi connectivity index (χ3v) is 4.14. The molecule has 2 heterocycles. The maximum Gasteiger partial charge on any atom is 0.276 e. The van der Waals surface area contributed by atoms with Crippen LogP contribution in [0.5, 0.6) is 0 Å². The zero-order valence-corrected chi connectivity index (χ0v) is 13.7. The molecule has 7 heteroatoms. The largest absolute Gasteiger partial charge is 0.296 e. The molecule has 1 amide bonds. The Bertz CT molecular complexity index is 924. The number of nitrogens with zero attached hydrogens (tertiary/aromatic N) is 2. The number of halogens is 2. The average Bonchev–Trinajstić information content (AvgIpc) is 2.94. The van der Waals surface area contributed by atoms with Crippen LogP contribution in [0.25, 0.3) is 11.1 Å². The maximum atomic E-state index is 14.0. The molecule has 24 heavy (non-hydrogen) atoms. The second-order valence-electron chi connectivity index (χ2n) is 5.25. The van der Waals surface area contributed by atoms with E-state index in [1.54, 1.807) is 13.0 Å². The monoisotopic (exact) mass is 345 g/mol. The molecule has 0 atom stereocenters. The number of carbonyl (C=O) groups is 1. The number of rotatable bonds is 3. The Labute approximate surface area is 141 Å². The van der Waals surface area contributed by atoms with Crippen molar-refractivity contribution in [1.82, 2.24) is 9.97 Å². The Balaban J connectivity index is 1.96. The third-order valence-electron chi connectivity index (χ3n) is 3.26. The predicted octanol–water partition coefficient (Wildman–Crippen LogP) is 4.35. The number of nitrogens with one attached hydrogen (secondary N) is 1. The SMILES string of the molecule is Cc1cc(-c2cc(F)ccc2F)cc(C(=O)Nc2nc(C)cs2)n1. The van der Waals surface area contributed by atoms with Crippen molar-refractivity contribution in [3.8, 4) is 11.1 Å². The molecule has 3 aromatic rings. The Morgan fingerprint density at radius 2 is 1.88 bits per heavy atom. The van der Waals surface area contributed by atoms with Crippen LogP contribution in [0.15, 0.2) is 35.7 Å². The van der Waals surface area contributed by atoms with Gasteiger partial charge in [-0.25, -0.2) is 18.7 Å². The van der Waals surface area contributed by atoms with Gasteiger partial charge in [-0.1, -0.05) is 0 Å². The molecule has 0 aliphatic heterocycles. The fourth-order valence-corrected chi connectivity index (χ4v) is 2.91. The lowest BCUT2D eigenvalue weighted by atomic mass is 10.0. The minimum Gasteiger partial charge on any atom is -0.296 e. The number of amides is 1. The zero-order chi connectivity index (χ0) is 17.3. The van der Waals surface area contributed by atoms with Crippen LogP contribution in [0.4, 0.5) is 13.9 Å². The molecule has 0 saturated carbocycles. The summed E-state index contributed by atoms with van der Waals surface area (Å²) in [6.07, 6.45) is 0. The number of hydrogen-bond donors (Lipinski definition) is 1. The zero-order valence-electron chi connectivity index (χ0n) is 12.9. The van der Waals surface area contributed by atoms with E-state index in [1.165, 1.54) is 17.4 Å². The van der Waals surface area contributed by atoms with Gasteiger partial charge < -0.3 is 0 Å². The van der Waals surface area contributed by atoms with E-state index >= 15 is 0 Å². The Hall–Kier alpha value is -2.67. The standard InChI is InChI=1S/C17H13F2N3OS/c1-9-5-11(13-7-12(18)3-4-14(13)19)6-15(20-9)16(23)22-17-21-10(2)8-24-17/h3-8H,1-2H3,(H,21,22,23). The Kier molecular flexibility index (Phi) is 4.35. The molecule has 1 aromatic carbocycles. The summed E-state index contributed by atoms with van der Waals surface area (Å²) in [4.78, 5) is 20.7. The van der Waals surface area contributed by atoms with Crippen LogP contribution in [-0.2, 0) is 0 Å². The molecule has 3 rings (SSSR count). The molecule has 1 N–H and O–H groups in total. The highest BCUT2D eigenvalue weighted by Gasteiger charge is 2.14. The summed E-state index contributed by atoms with van der Waals surface area (Å²) >= 11 is 1.30. The van der Waals surface area contributed by atoms with Gasteiger partial charge in [0.05, 0.1) is 5.69 Å². The first-order valence-electron chi connectivity index (χ1n) is 7.10. The lowest BCUT2D eigenvalue weighted by Crippen LogP contribution is -2.14. The topological polar surface area (TPSA) is 54.9 Å². The van der Waals surface area contributed by atoms with E-state index in [4.69, 9.17) is 0 Å². The van der Waals surface area contributed by atoms with Gasteiger partial charge >= 0.3 is 0 Å². The number of carbonyl (C=O) groups excluding carboxylic acids is 1.